The number of rotatable bonds is 4. The highest BCUT2D eigenvalue weighted by Gasteiger charge is 2.38. The van der Waals surface area contributed by atoms with Crippen molar-refractivity contribution in [3.05, 3.63) is 54.1 Å². The van der Waals surface area contributed by atoms with E-state index in [0.29, 0.717) is 18.8 Å². The molecule has 4 rings (SSSR count). The molecule has 2 aromatic rings. The highest BCUT2D eigenvalue weighted by Crippen LogP contribution is 2.31. The van der Waals surface area contributed by atoms with E-state index in [4.69, 9.17) is 4.74 Å². The molecule has 2 aliphatic heterocycles. The second kappa shape index (κ2) is 7.37. The third-order valence-electron chi connectivity index (χ3n) is 5.12. The Morgan fingerprint density at radius 3 is 2.72 bits per heavy atom. The van der Waals surface area contributed by atoms with Crippen molar-refractivity contribution in [1.82, 2.24) is 19.8 Å². The SMILES string of the molecule is O=C(c1cnc[nH]1)N1CCO[C@@H](CN2CCCC2)[C@@H]1c1ccccc1. The molecule has 2 fully saturated rings. The largest absolute Gasteiger partial charge is 0.373 e. The number of nitrogens with one attached hydrogen (secondary N) is 1. The molecular weight excluding hydrogens is 316 g/mol. The summed E-state index contributed by atoms with van der Waals surface area (Å²) in [7, 11) is 0. The molecule has 1 amide bonds. The van der Waals surface area contributed by atoms with Gasteiger partial charge < -0.3 is 19.5 Å². The van der Waals surface area contributed by atoms with Gasteiger partial charge in [0.2, 0.25) is 0 Å². The van der Waals surface area contributed by atoms with Crippen molar-refractivity contribution < 1.29 is 9.53 Å². The summed E-state index contributed by atoms with van der Waals surface area (Å²) >= 11 is 0. The van der Waals surface area contributed by atoms with Gasteiger partial charge in [-0.05, 0) is 31.5 Å². The van der Waals surface area contributed by atoms with Gasteiger partial charge in [0, 0.05) is 13.1 Å². The topological polar surface area (TPSA) is 61.5 Å². The molecule has 0 spiro atoms. The number of morpholine rings is 1. The first-order chi connectivity index (χ1) is 12.3. The molecule has 6 nitrogen and oxygen atoms in total. The van der Waals surface area contributed by atoms with E-state index < -0.39 is 0 Å². The Kier molecular flexibility index (Phi) is 4.81. The molecule has 0 radical (unpaired) electrons. The van der Waals surface area contributed by atoms with E-state index in [0.717, 1.165) is 25.2 Å². The van der Waals surface area contributed by atoms with Crippen molar-refractivity contribution in [2.24, 2.45) is 0 Å². The van der Waals surface area contributed by atoms with Crippen LogP contribution in [0.4, 0.5) is 0 Å². The summed E-state index contributed by atoms with van der Waals surface area (Å²) in [6.07, 6.45) is 5.63. The summed E-state index contributed by atoms with van der Waals surface area (Å²) in [6.45, 7) is 4.27. The third-order valence-corrected chi connectivity index (χ3v) is 5.12. The van der Waals surface area contributed by atoms with Crippen molar-refractivity contribution in [2.75, 3.05) is 32.8 Å². The maximum Gasteiger partial charge on any atom is 0.272 e. The van der Waals surface area contributed by atoms with E-state index in [9.17, 15) is 4.79 Å². The zero-order valence-electron chi connectivity index (χ0n) is 14.3. The molecule has 3 heterocycles. The summed E-state index contributed by atoms with van der Waals surface area (Å²) in [5.74, 6) is -0.0129. The van der Waals surface area contributed by atoms with Gasteiger partial charge in [-0.15, -0.1) is 0 Å². The molecule has 2 atom stereocenters. The number of H-pyrrole nitrogens is 1. The summed E-state index contributed by atoms with van der Waals surface area (Å²) < 4.78 is 6.14. The minimum Gasteiger partial charge on any atom is -0.373 e. The molecule has 0 saturated carbocycles. The predicted octanol–water partition coefficient (Wildman–Crippen LogP) is 2.09. The molecule has 132 valence electrons. The number of carbonyl (C=O) groups excluding carboxylic acids is 1. The molecule has 1 N–H and O–H groups in total. The van der Waals surface area contributed by atoms with Gasteiger partial charge >= 0.3 is 0 Å². The van der Waals surface area contributed by atoms with E-state index in [-0.39, 0.29) is 18.1 Å². The minimum absolute atomic E-state index is 0.0129. The van der Waals surface area contributed by atoms with E-state index in [1.807, 2.05) is 23.1 Å². The van der Waals surface area contributed by atoms with Gasteiger partial charge in [-0.2, -0.15) is 0 Å². The van der Waals surface area contributed by atoms with Crippen LogP contribution in [0, 0.1) is 0 Å². The van der Waals surface area contributed by atoms with Gasteiger partial charge in [-0.1, -0.05) is 30.3 Å². The van der Waals surface area contributed by atoms with Crippen LogP contribution in [-0.2, 0) is 4.74 Å². The number of hydrogen-bond acceptors (Lipinski definition) is 4. The van der Waals surface area contributed by atoms with Crippen molar-refractivity contribution in [3.8, 4) is 0 Å². The van der Waals surface area contributed by atoms with Gasteiger partial charge in [0.05, 0.1) is 31.3 Å². The van der Waals surface area contributed by atoms with Crippen molar-refractivity contribution in [3.63, 3.8) is 0 Å². The maximum absolute atomic E-state index is 13.0. The van der Waals surface area contributed by atoms with Crippen LogP contribution in [0.5, 0.6) is 0 Å². The molecule has 25 heavy (non-hydrogen) atoms. The minimum atomic E-state index is -0.0775. The summed E-state index contributed by atoms with van der Waals surface area (Å²) in [5, 5.41) is 0. The lowest BCUT2D eigenvalue weighted by Gasteiger charge is -2.42. The van der Waals surface area contributed by atoms with Gasteiger partial charge in [-0.25, -0.2) is 4.98 Å². The van der Waals surface area contributed by atoms with Crippen LogP contribution in [0.15, 0.2) is 42.9 Å². The summed E-state index contributed by atoms with van der Waals surface area (Å²) in [6, 6.07) is 10.1. The van der Waals surface area contributed by atoms with Crippen LogP contribution in [0.1, 0.15) is 34.9 Å². The Morgan fingerprint density at radius 1 is 1.20 bits per heavy atom. The average Bonchev–Trinajstić information content (AvgIpc) is 3.36. The van der Waals surface area contributed by atoms with Crippen LogP contribution >= 0.6 is 0 Å². The van der Waals surface area contributed by atoms with Crippen LogP contribution in [-0.4, -0.2) is 64.6 Å². The first kappa shape index (κ1) is 16.3. The number of likely N-dealkylation sites (tertiary alicyclic amines) is 1. The smallest absolute Gasteiger partial charge is 0.272 e. The second-order valence-corrected chi connectivity index (χ2v) is 6.74. The van der Waals surface area contributed by atoms with Crippen LogP contribution in [0.25, 0.3) is 0 Å². The molecular formula is C19H24N4O2. The molecule has 2 saturated heterocycles. The molecule has 2 aliphatic rings. The number of ether oxygens (including phenoxy) is 1. The van der Waals surface area contributed by atoms with Crippen molar-refractivity contribution >= 4 is 5.91 Å². The van der Waals surface area contributed by atoms with Crippen LogP contribution in [0.2, 0.25) is 0 Å². The highest BCUT2D eigenvalue weighted by atomic mass is 16.5. The Balaban J connectivity index is 1.63. The second-order valence-electron chi connectivity index (χ2n) is 6.74. The number of aromatic amines is 1. The quantitative estimate of drug-likeness (QED) is 0.926. The van der Waals surface area contributed by atoms with Crippen LogP contribution in [0.3, 0.4) is 0 Å². The maximum atomic E-state index is 13.0. The fourth-order valence-corrected chi connectivity index (χ4v) is 3.91. The Labute approximate surface area is 147 Å². The standard InChI is InChI=1S/C19H24N4O2/c24-19(16-12-20-14-21-16)23-10-11-25-17(13-22-8-4-5-9-22)18(23)15-6-2-1-3-7-15/h1-3,6-7,12,14,17-18H,4-5,8-11,13H2,(H,20,21)/t17-,18-/m0/s1. The molecule has 6 heteroatoms. The highest BCUT2D eigenvalue weighted by molar-refractivity contribution is 5.92. The zero-order chi connectivity index (χ0) is 17.1. The molecule has 0 bridgehead atoms. The first-order valence-electron chi connectivity index (χ1n) is 9.01. The Morgan fingerprint density at radius 2 is 2.00 bits per heavy atom. The van der Waals surface area contributed by atoms with Gasteiger partial charge in [0.25, 0.3) is 5.91 Å². The van der Waals surface area contributed by atoms with E-state index in [1.165, 1.54) is 12.8 Å². The fourth-order valence-electron chi connectivity index (χ4n) is 3.91. The normalized spacial score (nSPS) is 24.6. The monoisotopic (exact) mass is 340 g/mol. The number of imidazole rings is 1. The van der Waals surface area contributed by atoms with E-state index in [2.05, 4.69) is 27.0 Å². The van der Waals surface area contributed by atoms with E-state index >= 15 is 0 Å². The molecule has 1 aromatic heterocycles. The lowest BCUT2D eigenvalue weighted by atomic mass is 9.97. The number of hydrogen-bond donors (Lipinski definition) is 1. The fraction of sp³-hybridized carbons (Fsp3) is 0.474. The lowest BCUT2D eigenvalue weighted by Crippen LogP contribution is -2.51. The van der Waals surface area contributed by atoms with Gasteiger partial charge in [-0.3, -0.25) is 4.79 Å². The summed E-state index contributed by atoms with van der Waals surface area (Å²) in [5.41, 5.74) is 1.65. The Hall–Kier alpha value is -2.18. The van der Waals surface area contributed by atoms with Crippen LogP contribution < -0.4 is 0 Å². The molecule has 1 aromatic carbocycles. The lowest BCUT2D eigenvalue weighted by molar-refractivity contribution is -0.0708. The summed E-state index contributed by atoms with van der Waals surface area (Å²) in [4.78, 5) is 24.3. The Bertz CT molecular complexity index is 683. The average molecular weight is 340 g/mol. The number of carbonyl (C=O) groups is 1. The number of benzene rings is 1. The van der Waals surface area contributed by atoms with Gasteiger partial charge in [0.1, 0.15) is 5.69 Å². The van der Waals surface area contributed by atoms with Crippen molar-refractivity contribution in [2.45, 2.75) is 25.0 Å². The molecule has 0 aliphatic carbocycles. The zero-order valence-corrected chi connectivity index (χ0v) is 14.3. The van der Waals surface area contributed by atoms with Crippen molar-refractivity contribution in [1.29, 1.82) is 0 Å². The molecule has 0 unspecified atom stereocenters. The number of amides is 1. The first-order valence-corrected chi connectivity index (χ1v) is 9.01. The number of nitrogens with zero attached hydrogens (tertiary/aromatic N) is 3. The third kappa shape index (κ3) is 3.45. The predicted molar refractivity (Wildman–Crippen MR) is 94.2 cm³/mol. The van der Waals surface area contributed by atoms with Gasteiger partial charge in [0.15, 0.2) is 0 Å². The van der Waals surface area contributed by atoms with E-state index in [1.54, 1.807) is 12.5 Å². The number of aromatic nitrogens is 2.